The first-order chi connectivity index (χ1) is 12.7. The molecule has 0 aromatic heterocycles. The monoisotopic (exact) mass is 397 g/mol. The van der Waals surface area contributed by atoms with E-state index in [1.807, 2.05) is 17.9 Å². The predicted molar refractivity (Wildman–Crippen MR) is 105 cm³/mol. The van der Waals surface area contributed by atoms with Gasteiger partial charge < -0.3 is 13.8 Å². The molecule has 1 amide bonds. The van der Waals surface area contributed by atoms with Gasteiger partial charge in [0, 0.05) is 18.5 Å². The van der Waals surface area contributed by atoms with E-state index in [1.54, 1.807) is 26.0 Å². The quantitative estimate of drug-likeness (QED) is 0.594. The Balaban J connectivity index is 2.28. The van der Waals surface area contributed by atoms with Crippen LogP contribution in [-0.2, 0) is 21.5 Å². The number of carbonyl (C=O) groups excluding carboxylic acids is 1. The van der Waals surface area contributed by atoms with Gasteiger partial charge in [-0.25, -0.2) is 0 Å². The van der Waals surface area contributed by atoms with Crippen LogP contribution in [0.1, 0.15) is 58.9 Å². The van der Waals surface area contributed by atoms with Gasteiger partial charge in [0.15, 0.2) is 11.5 Å². The van der Waals surface area contributed by atoms with Crippen LogP contribution in [0.5, 0.6) is 11.5 Å². The zero-order valence-electron chi connectivity index (χ0n) is 16.9. The number of nitrogens with zero attached hydrogens (tertiary/aromatic N) is 1. The van der Waals surface area contributed by atoms with Gasteiger partial charge in [-0.3, -0.25) is 4.79 Å². The molecule has 1 fully saturated rings. The molecule has 1 aromatic carbocycles. The van der Waals surface area contributed by atoms with Gasteiger partial charge in [-0.1, -0.05) is 19.4 Å². The van der Waals surface area contributed by atoms with Crippen LogP contribution in [0.15, 0.2) is 18.2 Å². The maximum atomic E-state index is 12.8. The van der Waals surface area contributed by atoms with Gasteiger partial charge in [-0.05, 0) is 57.7 Å². The summed E-state index contributed by atoms with van der Waals surface area (Å²) in [6, 6.07) is 5.30. The van der Waals surface area contributed by atoms with E-state index in [0.717, 1.165) is 31.2 Å². The highest BCUT2D eigenvalue weighted by molar-refractivity contribution is 7.87. The summed E-state index contributed by atoms with van der Waals surface area (Å²) in [5.74, 6) is 0.810. The Labute approximate surface area is 163 Å². The molecule has 0 N–H and O–H groups in total. The summed E-state index contributed by atoms with van der Waals surface area (Å²) in [5, 5.41) is -0.664. The molecule has 0 radical (unpaired) electrons. The molecule has 0 spiro atoms. The van der Waals surface area contributed by atoms with Crippen molar-refractivity contribution in [1.82, 2.24) is 4.90 Å². The Bertz CT molecular complexity index is 756. The molecule has 152 valence electrons. The first-order valence-corrected chi connectivity index (χ1v) is 11.1. The summed E-state index contributed by atoms with van der Waals surface area (Å²) in [5.41, 5.74) is 0.817. The summed E-state index contributed by atoms with van der Waals surface area (Å²) in [4.78, 5) is 14.7. The van der Waals surface area contributed by atoms with Crippen molar-refractivity contribution in [2.45, 2.75) is 71.2 Å². The van der Waals surface area contributed by atoms with Crippen LogP contribution in [0.3, 0.4) is 0 Å². The van der Waals surface area contributed by atoms with Crippen LogP contribution in [0.4, 0.5) is 0 Å². The van der Waals surface area contributed by atoms with Crippen LogP contribution in [0, 0.1) is 5.92 Å². The third kappa shape index (κ3) is 5.15. The molecule has 0 bridgehead atoms. The van der Waals surface area contributed by atoms with Crippen LogP contribution in [0.2, 0.25) is 0 Å². The molecule has 1 saturated carbocycles. The first-order valence-electron chi connectivity index (χ1n) is 9.60. The number of rotatable bonds is 9. The van der Waals surface area contributed by atoms with Crippen molar-refractivity contribution in [3.63, 3.8) is 0 Å². The Morgan fingerprint density at radius 3 is 2.37 bits per heavy atom. The number of amides is 1. The first kappa shape index (κ1) is 21.5. The SMILES string of the molecule is CC[C@H](C)N(Cc1ccc(OC)c(OS(=O)(=O)C(C)C)c1)C(=O)C1CCC1. The van der Waals surface area contributed by atoms with Crippen LogP contribution in [-0.4, -0.2) is 37.6 Å². The van der Waals surface area contributed by atoms with E-state index in [2.05, 4.69) is 6.92 Å². The van der Waals surface area contributed by atoms with E-state index < -0.39 is 15.4 Å². The molecular weight excluding hydrogens is 366 g/mol. The lowest BCUT2D eigenvalue weighted by molar-refractivity contribution is -0.141. The van der Waals surface area contributed by atoms with Crippen molar-refractivity contribution < 1.29 is 22.1 Å². The molecular formula is C20H31NO5S. The minimum absolute atomic E-state index is 0.115. The minimum Gasteiger partial charge on any atom is -0.493 e. The lowest BCUT2D eigenvalue weighted by Crippen LogP contribution is -2.43. The van der Waals surface area contributed by atoms with Crippen LogP contribution >= 0.6 is 0 Å². The highest BCUT2D eigenvalue weighted by Crippen LogP contribution is 2.33. The van der Waals surface area contributed by atoms with Gasteiger partial charge in [0.1, 0.15) is 0 Å². The van der Waals surface area contributed by atoms with Gasteiger partial charge in [-0.15, -0.1) is 0 Å². The Morgan fingerprint density at radius 1 is 1.22 bits per heavy atom. The van der Waals surface area contributed by atoms with Crippen LogP contribution in [0.25, 0.3) is 0 Å². The lowest BCUT2D eigenvalue weighted by Gasteiger charge is -2.35. The minimum atomic E-state index is -3.74. The summed E-state index contributed by atoms with van der Waals surface area (Å²) < 4.78 is 34.8. The van der Waals surface area contributed by atoms with Crippen molar-refractivity contribution in [3.8, 4) is 11.5 Å². The second-order valence-corrected chi connectivity index (χ2v) is 9.56. The maximum Gasteiger partial charge on any atom is 0.311 e. The van der Waals surface area contributed by atoms with Crippen molar-refractivity contribution >= 4 is 16.0 Å². The lowest BCUT2D eigenvalue weighted by atomic mass is 9.84. The number of hydrogen-bond acceptors (Lipinski definition) is 5. The van der Waals surface area contributed by atoms with Gasteiger partial charge in [0.2, 0.25) is 5.91 Å². The van der Waals surface area contributed by atoms with E-state index in [4.69, 9.17) is 8.92 Å². The predicted octanol–water partition coefficient (Wildman–Crippen LogP) is 3.74. The van der Waals surface area contributed by atoms with Gasteiger partial charge in [0.05, 0.1) is 12.4 Å². The second-order valence-electron chi connectivity index (χ2n) is 7.46. The molecule has 6 nitrogen and oxygen atoms in total. The molecule has 1 aliphatic carbocycles. The van der Waals surface area contributed by atoms with Gasteiger partial charge in [-0.2, -0.15) is 8.42 Å². The molecule has 1 aliphatic rings. The Hall–Kier alpha value is -1.76. The number of benzene rings is 1. The number of ether oxygens (including phenoxy) is 1. The topological polar surface area (TPSA) is 72.9 Å². The molecule has 1 atom stereocenters. The fourth-order valence-electron chi connectivity index (χ4n) is 2.86. The van der Waals surface area contributed by atoms with Crippen LogP contribution < -0.4 is 8.92 Å². The smallest absolute Gasteiger partial charge is 0.311 e. The zero-order valence-corrected chi connectivity index (χ0v) is 17.7. The molecule has 0 heterocycles. The van der Waals surface area contributed by atoms with Crippen molar-refractivity contribution in [2.75, 3.05) is 7.11 Å². The molecule has 1 aromatic rings. The fourth-order valence-corrected chi connectivity index (χ4v) is 3.44. The molecule has 0 unspecified atom stereocenters. The van der Waals surface area contributed by atoms with E-state index in [9.17, 15) is 13.2 Å². The van der Waals surface area contributed by atoms with Gasteiger partial charge >= 0.3 is 10.1 Å². The van der Waals surface area contributed by atoms with E-state index in [-0.39, 0.29) is 23.6 Å². The van der Waals surface area contributed by atoms with E-state index >= 15 is 0 Å². The zero-order chi connectivity index (χ0) is 20.2. The van der Waals surface area contributed by atoms with Crippen molar-refractivity contribution in [3.05, 3.63) is 23.8 Å². The second kappa shape index (κ2) is 8.95. The summed E-state index contributed by atoms with van der Waals surface area (Å²) in [6.07, 6.45) is 3.88. The maximum absolute atomic E-state index is 12.8. The molecule has 0 aliphatic heterocycles. The number of methoxy groups -OCH3 is 1. The fraction of sp³-hybridized carbons (Fsp3) is 0.650. The molecule has 2 rings (SSSR count). The van der Waals surface area contributed by atoms with Crippen molar-refractivity contribution in [1.29, 1.82) is 0 Å². The summed E-state index contributed by atoms with van der Waals surface area (Å²) in [6.45, 7) is 7.65. The van der Waals surface area contributed by atoms with Crippen molar-refractivity contribution in [2.24, 2.45) is 5.92 Å². The Morgan fingerprint density at radius 2 is 1.89 bits per heavy atom. The average Bonchev–Trinajstić information content (AvgIpc) is 2.57. The van der Waals surface area contributed by atoms with E-state index in [1.165, 1.54) is 7.11 Å². The normalized spacial score (nSPS) is 15.9. The summed E-state index contributed by atoms with van der Waals surface area (Å²) in [7, 11) is -2.27. The standard InChI is InChI=1S/C20H31NO5S/c1-6-15(4)21(20(22)17-8-7-9-17)13-16-10-11-18(25-5)19(12-16)26-27(23,24)14(2)3/h10-12,14-15,17H,6-9,13H2,1-5H3/t15-/m0/s1. The third-order valence-electron chi connectivity index (χ3n) is 5.22. The Kier molecular flexibility index (Phi) is 7.14. The number of hydrogen-bond donors (Lipinski definition) is 0. The van der Waals surface area contributed by atoms with Gasteiger partial charge in [0.25, 0.3) is 0 Å². The molecule has 27 heavy (non-hydrogen) atoms. The highest BCUT2D eigenvalue weighted by Gasteiger charge is 2.31. The molecule has 7 heteroatoms. The molecule has 0 saturated heterocycles. The van der Waals surface area contributed by atoms with E-state index in [0.29, 0.717) is 12.3 Å². The summed E-state index contributed by atoms with van der Waals surface area (Å²) >= 11 is 0. The average molecular weight is 398 g/mol. The third-order valence-corrected chi connectivity index (χ3v) is 6.79. The number of carbonyl (C=O) groups is 1. The highest BCUT2D eigenvalue weighted by atomic mass is 32.2. The largest absolute Gasteiger partial charge is 0.493 e.